The van der Waals surface area contributed by atoms with Crippen LogP contribution < -0.4 is 15.0 Å². The van der Waals surface area contributed by atoms with Gasteiger partial charge in [-0.05, 0) is 62.1 Å². The molecule has 28 heavy (non-hydrogen) atoms. The first kappa shape index (κ1) is 19.1. The third-order valence-corrected chi connectivity index (χ3v) is 5.70. The lowest BCUT2D eigenvalue weighted by Crippen LogP contribution is -2.44. The largest absolute Gasteiger partial charge is 0.492 e. The van der Waals surface area contributed by atoms with Crippen LogP contribution in [-0.2, 0) is 6.54 Å². The molecule has 0 bridgehead atoms. The van der Waals surface area contributed by atoms with Gasteiger partial charge in [-0.25, -0.2) is 4.39 Å². The average Bonchev–Trinajstić information content (AvgIpc) is 3.53. The molecule has 0 aromatic heterocycles. The van der Waals surface area contributed by atoms with E-state index in [1.807, 2.05) is 19.1 Å². The van der Waals surface area contributed by atoms with Gasteiger partial charge in [-0.2, -0.15) is 0 Å². The van der Waals surface area contributed by atoms with E-state index < -0.39 is 0 Å². The van der Waals surface area contributed by atoms with Gasteiger partial charge in [0.15, 0.2) is 0 Å². The van der Waals surface area contributed by atoms with Gasteiger partial charge in [-0.15, -0.1) is 0 Å². The topological polar surface area (TPSA) is 27.7 Å². The van der Waals surface area contributed by atoms with Crippen LogP contribution in [0.1, 0.15) is 36.8 Å². The van der Waals surface area contributed by atoms with Crippen LogP contribution in [0.25, 0.3) is 0 Å². The lowest BCUT2D eigenvalue weighted by Gasteiger charge is -2.34. The Balaban J connectivity index is 1.45. The number of hydrogen-bond donors (Lipinski definition) is 1. The standard InChI is InChI=1S/C23H30FN3O/c1-3-28-23-15-19(27-12-10-26(2)11-13-27)7-9-22(23)25-16-17-4-8-20(18-5-6-18)21(24)14-17/h4,7-9,14-15,18,25H,3,5-6,10-13,16H2,1-2H3. The summed E-state index contributed by atoms with van der Waals surface area (Å²) in [5, 5.41) is 3.42. The van der Waals surface area contributed by atoms with Crippen LogP contribution in [0.2, 0.25) is 0 Å². The van der Waals surface area contributed by atoms with Crippen molar-refractivity contribution in [2.24, 2.45) is 0 Å². The second-order valence-corrected chi connectivity index (χ2v) is 7.89. The minimum Gasteiger partial charge on any atom is -0.492 e. The number of piperazine rings is 1. The predicted molar refractivity (Wildman–Crippen MR) is 113 cm³/mol. The van der Waals surface area contributed by atoms with Crippen LogP contribution in [0.4, 0.5) is 15.8 Å². The Morgan fingerprint density at radius 1 is 1.07 bits per heavy atom. The highest BCUT2D eigenvalue weighted by Crippen LogP contribution is 2.41. The molecule has 4 rings (SSSR count). The number of nitrogens with one attached hydrogen (secondary N) is 1. The van der Waals surface area contributed by atoms with E-state index in [9.17, 15) is 4.39 Å². The molecule has 0 unspecified atom stereocenters. The third kappa shape index (κ3) is 4.41. The molecule has 0 amide bonds. The zero-order valence-corrected chi connectivity index (χ0v) is 16.9. The van der Waals surface area contributed by atoms with Crippen LogP contribution in [0, 0.1) is 5.82 Å². The summed E-state index contributed by atoms with van der Waals surface area (Å²) in [6.45, 7) is 7.40. The van der Waals surface area contributed by atoms with Crippen molar-refractivity contribution in [1.29, 1.82) is 0 Å². The van der Waals surface area contributed by atoms with Crippen molar-refractivity contribution in [2.45, 2.75) is 32.2 Å². The minimum absolute atomic E-state index is 0.0720. The maximum absolute atomic E-state index is 14.3. The highest BCUT2D eigenvalue weighted by Gasteiger charge is 2.26. The Kier molecular flexibility index (Phi) is 5.72. The molecule has 1 saturated carbocycles. The molecule has 5 heteroatoms. The number of ether oxygens (including phenoxy) is 1. The lowest BCUT2D eigenvalue weighted by molar-refractivity contribution is 0.312. The SMILES string of the molecule is CCOc1cc(N2CCN(C)CC2)ccc1NCc1ccc(C2CC2)c(F)c1. The summed E-state index contributed by atoms with van der Waals surface area (Å²) in [7, 11) is 2.16. The van der Waals surface area contributed by atoms with Gasteiger partial charge in [0.1, 0.15) is 11.6 Å². The second kappa shape index (κ2) is 8.39. The number of hydrogen-bond acceptors (Lipinski definition) is 4. The zero-order valence-electron chi connectivity index (χ0n) is 16.9. The summed E-state index contributed by atoms with van der Waals surface area (Å²) in [4.78, 5) is 4.75. The molecule has 1 saturated heterocycles. The van der Waals surface area contributed by atoms with Crippen LogP contribution >= 0.6 is 0 Å². The molecule has 1 heterocycles. The fraction of sp³-hybridized carbons (Fsp3) is 0.478. The summed E-state index contributed by atoms with van der Waals surface area (Å²) in [5.74, 6) is 1.22. The molecule has 2 aliphatic rings. The van der Waals surface area contributed by atoms with Crippen LogP contribution in [0.15, 0.2) is 36.4 Å². The summed E-state index contributed by atoms with van der Waals surface area (Å²) < 4.78 is 20.2. The number of anilines is 2. The molecule has 0 radical (unpaired) electrons. The zero-order chi connectivity index (χ0) is 19.5. The average molecular weight is 384 g/mol. The van der Waals surface area contributed by atoms with E-state index in [0.29, 0.717) is 19.1 Å². The van der Waals surface area contributed by atoms with Gasteiger partial charge in [0.25, 0.3) is 0 Å². The molecule has 2 aromatic carbocycles. The first-order valence-electron chi connectivity index (χ1n) is 10.4. The summed E-state index contributed by atoms with van der Waals surface area (Å²) in [6.07, 6.45) is 2.23. The summed E-state index contributed by atoms with van der Waals surface area (Å²) in [5.41, 5.74) is 3.97. The number of rotatable bonds is 7. The van der Waals surface area contributed by atoms with Gasteiger partial charge in [0.05, 0.1) is 12.3 Å². The van der Waals surface area contributed by atoms with Crippen LogP contribution in [0.3, 0.4) is 0 Å². The summed E-state index contributed by atoms with van der Waals surface area (Å²) in [6, 6.07) is 12.0. The highest BCUT2D eigenvalue weighted by atomic mass is 19.1. The van der Waals surface area contributed by atoms with E-state index in [1.54, 1.807) is 6.07 Å². The molecule has 4 nitrogen and oxygen atoms in total. The molecular formula is C23H30FN3O. The van der Waals surface area contributed by atoms with Crippen molar-refractivity contribution < 1.29 is 9.13 Å². The summed E-state index contributed by atoms with van der Waals surface area (Å²) >= 11 is 0. The third-order valence-electron chi connectivity index (χ3n) is 5.70. The minimum atomic E-state index is -0.0720. The van der Waals surface area contributed by atoms with Crippen molar-refractivity contribution in [3.63, 3.8) is 0 Å². The van der Waals surface area contributed by atoms with Crippen LogP contribution in [-0.4, -0.2) is 44.7 Å². The van der Waals surface area contributed by atoms with Gasteiger partial charge in [0, 0.05) is 44.5 Å². The smallest absolute Gasteiger partial charge is 0.144 e. The number of likely N-dealkylation sites (N-methyl/N-ethyl adjacent to an activating group) is 1. The fourth-order valence-electron chi connectivity index (χ4n) is 3.80. The van der Waals surface area contributed by atoms with Crippen molar-refractivity contribution in [1.82, 2.24) is 4.90 Å². The van der Waals surface area contributed by atoms with E-state index in [0.717, 1.165) is 61.6 Å². The molecule has 1 aliphatic carbocycles. The normalized spacial score (nSPS) is 17.6. The van der Waals surface area contributed by atoms with E-state index in [2.05, 4.69) is 40.4 Å². The lowest BCUT2D eigenvalue weighted by atomic mass is 10.1. The second-order valence-electron chi connectivity index (χ2n) is 7.89. The van der Waals surface area contributed by atoms with Crippen molar-refractivity contribution in [2.75, 3.05) is 50.1 Å². The monoisotopic (exact) mass is 383 g/mol. The Morgan fingerprint density at radius 3 is 2.54 bits per heavy atom. The maximum atomic E-state index is 14.3. The van der Waals surface area contributed by atoms with E-state index in [-0.39, 0.29) is 5.82 Å². The number of halogens is 1. The van der Waals surface area contributed by atoms with Crippen molar-refractivity contribution in [3.8, 4) is 5.75 Å². The van der Waals surface area contributed by atoms with Crippen molar-refractivity contribution in [3.05, 3.63) is 53.3 Å². The Hall–Kier alpha value is -2.27. The molecule has 150 valence electrons. The molecule has 2 aromatic rings. The molecule has 1 N–H and O–H groups in total. The molecule has 2 fully saturated rings. The first-order valence-corrected chi connectivity index (χ1v) is 10.4. The van der Waals surface area contributed by atoms with E-state index >= 15 is 0 Å². The maximum Gasteiger partial charge on any atom is 0.144 e. The highest BCUT2D eigenvalue weighted by molar-refractivity contribution is 5.65. The van der Waals surface area contributed by atoms with Gasteiger partial charge < -0.3 is 19.9 Å². The van der Waals surface area contributed by atoms with Crippen molar-refractivity contribution >= 4 is 11.4 Å². The predicted octanol–water partition coefficient (Wildman–Crippen LogP) is 4.47. The number of benzene rings is 2. The van der Waals surface area contributed by atoms with Gasteiger partial charge in [-0.1, -0.05) is 12.1 Å². The van der Waals surface area contributed by atoms with E-state index in [4.69, 9.17) is 4.74 Å². The fourth-order valence-corrected chi connectivity index (χ4v) is 3.80. The van der Waals surface area contributed by atoms with Crippen LogP contribution in [0.5, 0.6) is 5.75 Å². The number of nitrogens with zero attached hydrogens (tertiary/aromatic N) is 2. The molecule has 1 aliphatic heterocycles. The van der Waals surface area contributed by atoms with Gasteiger partial charge >= 0.3 is 0 Å². The van der Waals surface area contributed by atoms with Gasteiger partial charge in [-0.3, -0.25) is 0 Å². The molecule has 0 spiro atoms. The van der Waals surface area contributed by atoms with Gasteiger partial charge in [0.2, 0.25) is 0 Å². The first-order chi connectivity index (χ1) is 13.6. The van der Waals surface area contributed by atoms with E-state index in [1.165, 1.54) is 5.69 Å². The molecular weight excluding hydrogens is 353 g/mol. The Labute approximate surface area is 167 Å². The Morgan fingerprint density at radius 2 is 1.86 bits per heavy atom. The molecule has 0 atom stereocenters. The quantitative estimate of drug-likeness (QED) is 0.764. The Bertz CT molecular complexity index is 813.